The lowest BCUT2D eigenvalue weighted by atomic mass is 9.64. The summed E-state index contributed by atoms with van der Waals surface area (Å²) in [6.07, 6.45) is 0. The van der Waals surface area contributed by atoms with E-state index in [1.54, 1.807) is 0 Å². The maximum absolute atomic E-state index is 6.89. The van der Waals surface area contributed by atoms with E-state index in [2.05, 4.69) is 240 Å². The number of aromatic nitrogens is 1. The monoisotopic (exact) mass is 814 g/mol. The van der Waals surface area contributed by atoms with Crippen molar-refractivity contribution in [2.24, 2.45) is 0 Å². The van der Waals surface area contributed by atoms with Crippen LogP contribution in [-0.2, 0) is 5.41 Å². The number of para-hydroxylation sites is 4. The molecule has 64 heavy (non-hydrogen) atoms. The van der Waals surface area contributed by atoms with Crippen LogP contribution in [-0.4, -0.2) is 4.57 Å². The number of hydrogen-bond donors (Lipinski definition) is 0. The molecule has 0 amide bonds. The SMILES string of the molecule is c1ccc(-c2ccccc2-c2ccc3c(c2)C2(c4ccccc4-c4ccccc42)c2cc(-n4c5ccccc5c5ccccc54)ccc2N3c2cccc3c2oc2ccccc23)cc1. The Bertz CT molecular complexity index is 3770. The van der Waals surface area contributed by atoms with Crippen LogP contribution in [0.5, 0.6) is 0 Å². The summed E-state index contributed by atoms with van der Waals surface area (Å²) in [6.45, 7) is 0. The van der Waals surface area contributed by atoms with Crippen LogP contribution in [0, 0.1) is 0 Å². The van der Waals surface area contributed by atoms with E-state index in [9.17, 15) is 0 Å². The van der Waals surface area contributed by atoms with Gasteiger partial charge in [-0.15, -0.1) is 0 Å². The summed E-state index contributed by atoms with van der Waals surface area (Å²) < 4.78 is 9.34. The van der Waals surface area contributed by atoms with Gasteiger partial charge in [0.05, 0.1) is 33.5 Å². The molecule has 3 heteroatoms. The van der Waals surface area contributed by atoms with Gasteiger partial charge in [0.15, 0.2) is 5.58 Å². The number of fused-ring (bicyclic) bond motifs is 15. The Labute approximate surface area is 370 Å². The summed E-state index contributed by atoms with van der Waals surface area (Å²) >= 11 is 0. The van der Waals surface area contributed by atoms with Crippen LogP contribution in [0.4, 0.5) is 17.1 Å². The minimum atomic E-state index is -0.678. The predicted octanol–water partition coefficient (Wildman–Crippen LogP) is 16.2. The molecule has 14 rings (SSSR count). The van der Waals surface area contributed by atoms with E-state index < -0.39 is 5.41 Å². The van der Waals surface area contributed by atoms with E-state index in [0.29, 0.717) is 0 Å². The summed E-state index contributed by atoms with van der Waals surface area (Å²) in [6, 6.07) is 84.8. The van der Waals surface area contributed by atoms with Crippen molar-refractivity contribution in [2.75, 3.05) is 4.90 Å². The lowest BCUT2D eigenvalue weighted by molar-refractivity contribution is 0.668. The minimum absolute atomic E-state index is 0.678. The predicted molar refractivity (Wildman–Crippen MR) is 264 cm³/mol. The number of anilines is 3. The topological polar surface area (TPSA) is 21.3 Å². The van der Waals surface area contributed by atoms with Gasteiger partial charge in [-0.3, -0.25) is 0 Å². The molecular formula is C61H38N2O. The molecule has 1 spiro atoms. The molecule has 3 heterocycles. The van der Waals surface area contributed by atoms with Gasteiger partial charge in [0.25, 0.3) is 0 Å². The average Bonchev–Trinajstić information content (AvgIpc) is 4.02. The van der Waals surface area contributed by atoms with Crippen molar-refractivity contribution in [2.45, 2.75) is 5.41 Å². The number of hydrogen-bond acceptors (Lipinski definition) is 2. The average molecular weight is 815 g/mol. The van der Waals surface area contributed by atoms with Crippen molar-refractivity contribution >= 4 is 60.8 Å². The molecule has 0 saturated heterocycles. The van der Waals surface area contributed by atoms with Crippen LogP contribution >= 0.6 is 0 Å². The van der Waals surface area contributed by atoms with E-state index in [0.717, 1.165) is 44.7 Å². The summed E-state index contributed by atoms with van der Waals surface area (Å²) in [5.41, 5.74) is 20.1. The molecule has 2 aromatic heterocycles. The van der Waals surface area contributed by atoms with Crippen LogP contribution in [0.2, 0.25) is 0 Å². The second-order valence-electron chi connectivity index (χ2n) is 17.1. The molecule has 12 aromatic rings. The first kappa shape index (κ1) is 35.2. The second-order valence-corrected chi connectivity index (χ2v) is 17.1. The van der Waals surface area contributed by atoms with Gasteiger partial charge in [0, 0.05) is 27.2 Å². The maximum Gasteiger partial charge on any atom is 0.159 e. The number of nitrogens with zero attached hydrogens (tertiary/aromatic N) is 2. The Balaban J connectivity index is 1.14. The zero-order valence-corrected chi connectivity index (χ0v) is 34.7. The first-order valence-corrected chi connectivity index (χ1v) is 22.1. The van der Waals surface area contributed by atoms with Gasteiger partial charge in [-0.2, -0.15) is 0 Å². The molecule has 0 atom stereocenters. The van der Waals surface area contributed by atoms with Gasteiger partial charge in [-0.25, -0.2) is 0 Å². The zero-order chi connectivity index (χ0) is 41.9. The minimum Gasteiger partial charge on any atom is -0.454 e. The summed E-state index contributed by atoms with van der Waals surface area (Å²) in [4.78, 5) is 2.48. The third-order valence-corrected chi connectivity index (χ3v) is 14.0. The van der Waals surface area contributed by atoms with Crippen LogP contribution in [0.1, 0.15) is 22.3 Å². The van der Waals surface area contributed by atoms with Gasteiger partial charge in [0.1, 0.15) is 5.58 Å². The largest absolute Gasteiger partial charge is 0.454 e. The fraction of sp³-hybridized carbons (Fsp3) is 0.0164. The Hall–Kier alpha value is -8.40. The summed E-state index contributed by atoms with van der Waals surface area (Å²) in [7, 11) is 0. The second kappa shape index (κ2) is 13.3. The van der Waals surface area contributed by atoms with Crippen molar-refractivity contribution < 1.29 is 4.42 Å². The molecule has 1 aliphatic carbocycles. The molecule has 2 aliphatic rings. The molecule has 1 aliphatic heterocycles. The molecule has 0 N–H and O–H groups in total. The first-order chi connectivity index (χ1) is 31.8. The van der Waals surface area contributed by atoms with Crippen molar-refractivity contribution in [1.82, 2.24) is 4.57 Å². The van der Waals surface area contributed by atoms with Crippen LogP contribution in [0.25, 0.3) is 82.8 Å². The Morgan fingerprint density at radius 2 is 0.859 bits per heavy atom. The quantitative estimate of drug-likeness (QED) is 0.176. The standard InChI is InChI=1S/C61H38N2O/c1-2-17-39(18-3-1)42-19-4-5-20-43(42)40-33-35-56-52(37-40)61(50-27-11-6-21-44(50)45-22-7-12-28-51(45)61)53-38-41(62-54-29-13-8-23-46(54)47-24-9-14-30-55(47)62)34-36-57(53)63(56)58-31-16-26-49-48-25-10-15-32-59(48)64-60(49)58/h1-38H. The number of furan rings is 1. The fourth-order valence-corrected chi connectivity index (χ4v) is 11.4. The lowest BCUT2D eigenvalue weighted by Crippen LogP contribution is -2.36. The molecule has 0 saturated carbocycles. The Morgan fingerprint density at radius 3 is 1.56 bits per heavy atom. The molecule has 3 nitrogen and oxygen atoms in total. The van der Waals surface area contributed by atoms with Gasteiger partial charge in [0.2, 0.25) is 0 Å². The van der Waals surface area contributed by atoms with Crippen LogP contribution in [0.15, 0.2) is 235 Å². The third-order valence-electron chi connectivity index (χ3n) is 14.0. The van der Waals surface area contributed by atoms with E-state index in [1.807, 2.05) is 0 Å². The molecule has 0 unspecified atom stereocenters. The zero-order valence-electron chi connectivity index (χ0n) is 34.7. The van der Waals surface area contributed by atoms with Gasteiger partial charge in [-0.1, -0.05) is 176 Å². The number of benzene rings is 10. The van der Waals surface area contributed by atoms with Gasteiger partial charge in [-0.05, 0) is 110 Å². The molecule has 0 fully saturated rings. The van der Waals surface area contributed by atoms with Crippen molar-refractivity contribution in [3.63, 3.8) is 0 Å². The molecule has 0 bridgehead atoms. The van der Waals surface area contributed by atoms with Crippen molar-refractivity contribution in [3.05, 3.63) is 253 Å². The van der Waals surface area contributed by atoms with Gasteiger partial charge < -0.3 is 13.9 Å². The fourth-order valence-electron chi connectivity index (χ4n) is 11.4. The van der Waals surface area contributed by atoms with E-state index >= 15 is 0 Å². The van der Waals surface area contributed by atoms with E-state index in [-0.39, 0.29) is 0 Å². The van der Waals surface area contributed by atoms with Gasteiger partial charge >= 0.3 is 0 Å². The van der Waals surface area contributed by atoms with Crippen molar-refractivity contribution in [3.8, 4) is 39.1 Å². The van der Waals surface area contributed by atoms with E-state index in [4.69, 9.17) is 4.42 Å². The molecule has 298 valence electrons. The highest BCUT2D eigenvalue weighted by Gasteiger charge is 2.52. The molecule has 0 radical (unpaired) electrons. The normalized spacial score (nSPS) is 13.4. The maximum atomic E-state index is 6.89. The molecule has 10 aromatic carbocycles. The smallest absolute Gasteiger partial charge is 0.159 e. The van der Waals surface area contributed by atoms with Crippen molar-refractivity contribution in [1.29, 1.82) is 0 Å². The van der Waals surface area contributed by atoms with Crippen LogP contribution in [0.3, 0.4) is 0 Å². The highest BCUT2D eigenvalue weighted by Crippen LogP contribution is 2.64. The van der Waals surface area contributed by atoms with E-state index in [1.165, 1.54) is 77.4 Å². The highest BCUT2D eigenvalue weighted by molar-refractivity contribution is 6.12. The third kappa shape index (κ3) is 4.70. The highest BCUT2D eigenvalue weighted by atomic mass is 16.3. The lowest BCUT2D eigenvalue weighted by Gasteiger charge is -2.45. The summed E-state index contributed by atoms with van der Waals surface area (Å²) in [5, 5.41) is 4.70. The molecular weight excluding hydrogens is 777 g/mol. The Kier molecular flexibility index (Phi) is 7.32. The summed E-state index contributed by atoms with van der Waals surface area (Å²) in [5.74, 6) is 0. The first-order valence-electron chi connectivity index (χ1n) is 22.1. The Morgan fingerprint density at radius 1 is 0.328 bits per heavy atom. The number of rotatable bonds is 4. The van der Waals surface area contributed by atoms with Crippen LogP contribution < -0.4 is 4.90 Å².